The summed E-state index contributed by atoms with van der Waals surface area (Å²) in [6.45, 7) is 4.47. The Balaban J connectivity index is 1.61. The Morgan fingerprint density at radius 1 is 1.28 bits per heavy atom. The zero-order valence-corrected chi connectivity index (χ0v) is 15.5. The molecule has 1 saturated heterocycles. The van der Waals surface area contributed by atoms with Gasteiger partial charge in [-0.3, -0.25) is 0 Å². The fourth-order valence-electron chi connectivity index (χ4n) is 2.73. The summed E-state index contributed by atoms with van der Waals surface area (Å²) in [4.78, 5) is 20.6. The third-order valence-electron chi connectivity index (χ3n) is 4.20. The second-order valence-electron chi connectivity index (χ2n) is 5.85. The van der Waals surface area contributed by atoms with E-state index in [1.54, 1.807) is 23.2 Å². The van der Waals surface area contributed by atoms with Gasteiger partial charge in [0.15, 0.2) is 0 Å². The molecule has 1 aliphatic rings. The molecule has 1 aliphatic heterocycles. The average molecular weight is 400 g/mol. The van der Waals surface area contributed by atoms with Crippen molar-refractivity contribution in [3.05, 3.63) is 52.1 Å². The number of piperazine rings is 1. The van der Waals surface area contributed by atoms with E-state index >= 15 is 0 Å². The van der Waals surface area contributed by atoms with Crippen molar-refractivity contribution < 1.29 is 4.79 Å². The Morgan fingerprint density at radius 3 is 2.72 bits per heavy atom. The molecule has 0 spiro atoms. The van der Waals surface area contributed by atoms with Crippen molar-refractivity contribution in [2.75, 3.05) is 36.4 Å². The molecule has 7 heteroatoms. The zero-order valence-electron chi connectivity index (χ0n) is 13.9. The van der Waals surface area contributed by atoms with Gasteiger partial charge in [0.1, 0.15) is 11.9 Å². The van der Waals surface area contributed by atoms with Crippen LogP contribution in [-0.4, -0.2) is 42.1 Å². The van der Waals surface area contributed by atoms with E-state index in [1.165, 1.54) is 0 Å². The van der Waals surface area contributed by atoms with Crippen LogP contribution in [0.4, 0.5) is 16.3 Å². The van der Waals surface area contributed by atoms with Crippen molar-refractivity contribution in [2.24, 2.45) is 0 Å². The molecule has 2 heterocycles. The SMILES string of the molecule is Cc1ccc(NC(=O)N2CCN(c3ncccc3C#N)CC2)cc1Br. The maximum Gasteiger partial charge on any atom is 0.321 e. The number of anilines is 2. The molecule has 0 aliphatic carbocycles. The fourth-order valence-corrected chi connectivity index (χ4v) is 3.11. The normalized spacial score (nSPS) is 14.1. The molecule has 25 heavy (non-hydrogen) atoms. The highest BCUT2D eigenvalue weighted by Crippen LogP contribution is 2.22. The van der Waals surface area contributed by atoms with Gasteiger partial charge in [0, 0.05) is 42.5 Å². The molecular weight excluding hydrogens is 382 g/mol. The lowest BCUT2D eigenvalue weighted by Crippen LogP contribution is -2.50. The standard InChI is InChI=1S/C18H18BrN5O/c1-13-4-5-15(11-16(13)19)22-18(25)24-9-7-23(8-10-24)17-14(12-20)3-2-6-21-17/h2-6,11H,7-10H2,1H3,(H,22,25). The van der Waals surface area contributed by atoms with Gasteiger partial charge in [-0.2, -0.15) is 5.26 Å². The van der Waals surface area contributed by atoms with Gasteiger partial charge in [-0.1, -0.05) is 22.0 Å². The lowest BCUT2D eigenvalue weighted by atomic mass is 10.2. The van der Waals surface area contributed by atoms with E-state index in [1.807, 2.05) is 30.0 Å². The predicted molar refractivity (Wildman–Crippen MR) is 101 cm³/mol. The highest BCUT2D eigenvalue weighted by molar-refractivity contribution is 9.10. The van der Waals surface area contributed by atoms with Crippen LogP contribution in [0.2, 0.25) is 0 Å². The Bertz CT molecular complexity index is 824. The van der Waals surface area contributed by atoms with E-state index in [4.69, 9.17) is 0 Å². The van der Waals surface area contributed by atoms with Crippen LogP contribution >= 0.6 is 15.9 Å². The minimum absolute atomic E-state index is 0.114. The largest absolute Gasteiger partial charge is 0.352 e. The van der Waals surface area contributed by atoms with Crippen LogP contribution in [0.1, 0.15) is 11.1 Å². The molecule has 2 aromatic rings. The van der Waals surface area contributed by atoms with Gasteiger partial charge >= 0.3 is 6.03 Å². The van der Waals surface area contributed by atoms with E-state index in [0.717, 1.165) is 15.7 Å². The molecule has 1 N–H and O–H groups in total. The molecule has 128 valence electrons. The van der Waals surface area contributed by atoms with Crippen LogP contribution in [0, 0.1) is 18.3 Å². The minimum Gasteiger partial charge on any atom is -0.352 e. The molecule has 0 atom stereocenters. The number of aryl methyl sites for hydroxylation is 1. The van der Waals surface area contributed by atoms with E-state index < -0.39 is 0 Å². The van der Waals surface area contributed by atoms with Crippen LogP contribution < -0.4 is 10.2 Å². The molecule has 2 amide bonds. The zero-order chi connectivity index (χ0) is 17.8. The summed E-state index contributed by atoms with van der Waals surface area (Å²) in [6.07, 6.45) is 1.69. The summed E-state index contributed by atoms with van der Waals surface area (Å²) >= 11 is 3.47. The van der Waals surface area contributed by atoms with Gasteiger partial charge < -0.3 is 15.1 Å². The van der Waals surface area contributed by atoms with Crippen LogP contribution in [0.15, 0.2) is 41.0 Å². The van der Waals surface area contributed by atoms with Crippen LogP contribution in [0.5, 0.6) is 0 Å². The van der Waals surface area contributed by atoms with E-state index in [-0.39, 0.29) is 6.03 Å². The lowest BCUT2D eigenvalue weighted by molar-refractivity contribution is 0.208. The number of halogens is 1. The first-order valence-electron chi connectivity index (χ1n) is 8.00. The molecule has 0 bridgehead atoms. The highest BCUT2D eigenvalue weighted by Gasteiger charge is 2.23. The topological polar surface area (TPSA) is 72.3 Å². The molecular formula is C18H18BrN5O. The number of hydrogen-bond donors (Lipinski definition) is 1. The van der Waals surface area contributed by atoms with Crippen molar-refractivity contribution in [1.29, 1.82) is 5.26 Å². The number of rotatable bonds is 2. The van der Waals surface area contributed by atoms with Crippen molar-refractivity contribution in [3.63, 3.8) is 0 Å². The number of nitrogens with zero attached hydrogens (tertiary/aromatic N) is 4. The first-order chi connectivity index (χ1) is 12.1. The van der Waals surface area contributed by atoms with Crippen LogP contribution in [-0.2, 0) is 0 Å². The van der Waals surface area contributed by atoms with Crippen molar-refractivity contribution >= 4 is 33.5 Å². The number of benzene rings is 1. The Morgan fingerprint density at radius 2 is 2.04 bits per heavy atom. The lowest BCUT2D eigenvalue weighted by Gasteiger charge is -2.35. The van der Waals surface area contributed by atoms with Crippen molar-refractivity contribution in [1.82, 2.24) is 9.88 Å². The molecule has 1 fully saturated rings. The van der Waals surface area contributed by atoms with Gasteiger partial charge in [0.05, 0.1) is 5.56 Å². The van der Waals surface area contributed by atoms with Gasteiger partial charge in [0.2, 0.25) is 0 Å². The van der Waals surface area contributed by atoms with E-state index in [2.05, 4.69) is 32.3 Å². The van der Waals surface area contributed by atoms with Gasteiger partial charge in [-0.05, 0) is 36.8 Å². The number of carbonyl (C=O) groups excluding carboxylic acids is 1. The summed E-state index contributed by atoms with van der Waals surface area (Å²) in [5, 5.41) is 12.1. The first kappa shape index (κ1) is 17.2. The minimum atomic E-state index is -0.114. The third-order valence-corrected chi connectivity index (χ3v) is 5.05. The predicted octanol–water partition coefficient (Wildman–Crippen LogP) is 3.38. The first-order valence-corrected chi connectivity index (χ1v) is 8.80. The van der Waals surface area contributed by atoms with Crippen LogP contribution in [0.25, 0.3) is 0 Å². The van der Waals surface area contributed by atoms with Gasteiger partial charge in [-0.25, -0.2) is 9.78 Å². The highest BCUT2D eigenvalue weighted by atomic mass is 79.9. The number of aromatic nitrogens is 1. The number of nitrogens with one attached hydrogen (secondary N) is 1. The number of amides is 2. The number of nitriles is 1. The smallest absolute Gasteiger partial charge is 0.321 e. The quantitative estimate of drug-likeness (QED) is 0.839. The summed E-state index contributed by atoms with van der Waals surface area (Å²) < 4.78 is 0.967. The maximum absolute atomic E-state index is 12.4. The number of pyridine rings is 1. The van der Waals surface area contributed by atoms with E-state index in [0.29, 0.717) is 37.6 Å². The second-order valence-corrected chi connectivity index (χ2v) is 6.71. The molecule has 0 radical (unpaired) electrons. The van der Waals surface area contributed by atoms with Crippen molar-refractivity contribution in [2.45, 2.75) is 6.92 Å². The monoisotopic (exact) mass is 399 g/mol. The molecule has 0 saturated carbocycles. The summed E-state index contributed by atoms with van der Waals surface area (Å²) in [7, 11) is 0. The van der Waals surface area contributed by atoms with Crippen LogP contribution in [0.3, 0.4) is 0 Å². The van der Waals surface area contributed by atoms with Gasteiger partial charge in [-0.15, -0.1) is 0 Å². The second kappa shape index (κ2) is 7.53. The molecule has 0 unspecified atom stereocenters. The number of carbonyl (C=O) groups is 1. The summed E-state index contributed by atoms with van der Waals surface area (Å²) in [6, 6.07) is 11.3. The maximum atomic E-state index is 12.4. The third kappa shape index (κ3) is 3.91. The van der Waals surface area contributed by atoms with Crippen molar-refractivity contribution in [3.8, 4) is 6.07 Å². The molecule has 3 rings (SSSR count). The summed E-state index contributed by atoms with van der Waals surface area (Å²) in [5.41, 5.74) is 2.45. The molecule has 1 aromatic carbocycles. The van der Waals surface area contributed by atoms with Gasteiger partial charge in [0.25, 0.3) is 0 Å². The number of hydrogen-bond acceptors (Lipinski definition) is 4. The Kier molecular flexibility index (Phi) is 5.19. The fraction of sp³-hybridized carbons (Fsp3) is 0.278. The van der Waals surface area contributed by atoms with E-state index in [9.17, 15) is 10.1 Å². The molecule has 6 nitrogen and oxygen atoms in total. The average Bonchev–Trinajstić information content (AvgIpc) is 2.65. The number of urea groups is 1. The Hall–Kier alpha value is -2.59. The molecule has 1 aromatic heterocycles. The summed E-state index contributed by atoms with van der Waals surface area (Å²) in [5.74, 6) is 0.688. The Labute approximate surface area is 155 Å².